The Morgan fingerprint density at radius 1 is 1.33 bits per heavy atom. The molecule has 0 fully saturated rings. The molecule has 3 N–H and O–H groups in total. The summed E-state index contributed by atoms with van der Waals surface area (Å²) in [6.07, 6.45) is 1.04. The van der Waals surface area contributed by atoms with E-state index in [1.807, 2.05) is 0 Å². The van der Waals surface area contributed by atoms with Crippen LogP contribution in [-0.2, 0) is 0 Å². The smallest absolute Gasteiger partial charge is 0.289 e. The van der Waals surface area contributed by atoms with E-state index in [0.29, 0.717) is 0 Å². The Bertz CT molecular complexity index is 374. The number of nitro groups is 1. The molecule has 0 bridgehead atoms. The van der Waals surface area contributed by atoms with E-state index in [4.69, 9.17) is 31.7 Å². The highest BCUT2D eigenvalue weighted by Gasteiger charge is 2.11. The molecule has 0 atom stereocenters. The summed E-state index contributed by atoms with van der Waals surface area (Å²) in [5.41, 5.74) is -0.202. The summed E-state index contributed by atoms with van der Waals surface area (Å²) >= 11 is 5.64. The van der Waals surface area contributed by atoms with Gasteiger partial charge in [-0.25, -0.2) is 4.98 Å². The first-order chi connectivity index (χ1) is 8.56. The first-order valence-electron chi connectivity index (χ1n) is 4.82. The van der Waals surface area contributed by atoms with Gasteiger partial charge >= 0.3 is 0 Å². The van der Waals surface area contributed by atoms with Gasteiger partial charge in [0.25, 0.3) is 5.69 Å². The van der Waals surface area contributed by atoms with E-state index in [-0.39, 0.29) is 43.0 Å². The van der Waals surface area contributed by atoms with E-state index in [1.165, 1.54) is 0 Å². The van der Waals surface area contributed by atoms with Crippen LogP contribution in [0, 0.1) is 10.1 Å². The first-order valence-corrected chi connectivity index (χ1v) is 5.20. The van der Waals surface area contributed by atoms with Crippen LogP contribution in [-0.4, -0.2) is 51.7 Å². The Labute approximate surface area is 108 Å². The maximum Gasteiger partial charge on any atom is 0.289 e. The Balaban J connectivity index is 0.000000631. The third kappa shape index (κ3) is 6.30. The van der Waals surface area contributed by atoms with E-state index >= 15 is 0 Å². The minimum atomic E-state index is -0.602. The quantitative estimate of drug-likeness (QED) is 0.511. The minimum absolute atomic E-state index is 0.0462. The maximum absolute atomic E-state index is 10.3. The molecule has 0 aliphatic carbocycles. The molecule has 0 spiro atoms. The zero-order chi connectivity index (χ0) is 14.0. The van der Waals surface area contributed by atoms with E-state index in [0.717, 1.165) is 12.3 Å². The fourth-order valence-electron chi connectivity index (χ4n) is 0.764. The summed E-state index contributed by atoms with van der Waals surface area (Å²) in [7, 11) is 0. The van der Waals surface area contributed by atoms with Gasteiger partial charge < -0.3 is 20.1 Å². The van der Waals surface area contributed by atoms with Crippen LogP contribution in [0.3, 0.4) is 0 Å². The van der Waals surface area contributed by atoms with E-state index in [9.17, 15) is 10.1 Å². The van der Waals surface area contributed by atoms with E-state index in [1.54, 1.807) is 0 Å². The number of pyridine rings is 1. The number of nitrogens with zero attached hydrogens (tertiary/aromatic N) is 2. The molecule has 0 saturated carbocycles. The summed E-state index contributed by atoms with van der Waals surface area (Å²) in [4.78, 5) is 13.3. The summed E-state index contributed by atoms with van der Waals surface area (Å²) in [6.45, 7) is -0.375. The van der Waals surface area contributed by atoms with Gasteiger partial charge in [0.2, 0.25) is 5.88 Å². The molecule has 0 unspecified atom stereocenters. The zero-order valence-electron chi connectivity index (χ0n) is 9.32. The van der Waals surface area contributed by atoms with Crippen molar-refractivity contribution >= 4 is 17.3 Å². The largest absolute Gasteiger partial charge is 0.474 e. The number of aliphatic hydroxyl groups excluding tert-OH is 3. The van der Waals surface area contributed by atoms with E-state index in [2.05, 4.69) is 4.98 Å². The molecular formula is C9H13ClN2O6. The van der Waals surface area contributed by atoms with Crippen molar-refractivity contribution in [1.29, 1.82) is 0 Å². The molecule has 0 aliphatic heterocycles. The van der Waals surface area contributed by atoms with Crippen molar-refractivity contribution in [3.63, 3.8) is 0 Å². The third-order valence-corrected chi connectivity index (χ3v) is 1.70. The molecule has 0 aliphatic rings. The summed E-state index contributed by atoms with van der Waals surface area (Å²) in [6, 6.07) is 1.14. The van der Waals surface area contributed by atoms with Crippen LogP contribution >= 0.6 is 11.6 Å². The van der Waals surface area contributed by atoms with Crippen LogP contribution in [0.25, 0.3) is 0 Å². The molecule has 0 aromatic carbocycles. The monoisotopic (exact) mass is 280 g/mol. The number of halogens is 1. The van der Waals surface area contributed by atoms with Crippen molar-refractivity contribution in [2.75, 3.05) is 26.4 Å². The number of hydrogen-bond donors (Lipinski definition) is 3. The second kappa shape index (κ2) is 9.54. The van der Waals surface area contributed by atoms with Crippen molar-refractivity contribution in [2.45, 2.75) is 0 Å². The first kappa shape index (κ1) is 16.5. The molecule has 0 saturated heterocycles. The van der Waals surface area contributed by atoms with Crippen LogP contribution in [0.5, 0.6) is 5.88 Å². The molecule has 9 heteroatoms. The molecule has 8 nitrogen and oxygen atoms in total. The molecule has 1 heterocycles. The fourth-order valence-corrected chi connectivity index (χ4v) is 0.979. The molecular weight excluding hydrogens is 268 g/mol. The number of aliphatic hydroxyl groups is 3. The second-order valence-corrected chi connectivity index (χ2v) is 3.16. The lowest BCUT2D eigenvalue weighted by atomic mass is 10.4. The highest BCUT2D eigenvalue weighted by atomic mass is 35.5. The highest BCUT2D eigenvalue weighted by molar-refractivity contribution is 6.32. The van der Waals surface area contributed by atoms with Crippen molar-refractivity contribution in [3.8, 4) is 5.88 Å². The highest BCUT2D eigenvalue weighted by Crippen LogP contribution is 2.25. The Kier molecular flexibility index (Phi) is 8.76. The van der Waals surface area contributed by atoms with Crippen LogP contribution in [0.15, 0.2) is 12.3 Å². The molecule has 1 rings (SSSR count). The lowest BCUT2D eigenvalue weighted by molar-refractivity contribution is -0.385. The summed E-state index contributed by atoms with van der Waals surface area (Å²) in [5, 5.41) is 34.1. The predicted octanol–water partition coefficient (Wildman–Crippen LogP) is -0.0147. The van der Waals surface area contributed by atoms with Crippen LogP contribution < -0.4 is 4.74 Å². The van der Waals surface area contributed by atoms with Gasteiger partial charge in [-0.1, -0.05) is 11.6 Å². The molecule has 0 amide bonds. The number of aromatic nitrogens is 1. The number of ether oxygens (including phenoxy) is 1. The van der Waals surface area contributed by atoms with Crippen molar-refractivity contribution in [1.82, 2.24) is 4.98 Å². The maximum atomic E-state index is 10.3. The summed E-state index contributed by atoms with van der Waals surface area (Å²) in [5.74, 6) is 0.0753. The standard InChI is InChI=1S/C7H7ClN2O4.C2H6O2/c8-6-3-5(10(12)13)4-9-7(6)14-2-1-11;3-1-2-4/h3-4,11H,1-2H2;3-4H,1-2H2. The van der Waals surface area contributed by atoms with Gasteiger partial charge in [0.1, 0.15) is 17.8 Å². The molecule has 0 radical (unpaired) electrons. The Morgan fingerprint density at radius 3 is 2.33 bits per heavy atom. The topological polar surface area (TPSA) is 126 Å². The van der Waals surface area contributed by atoms with Crippen LogP contribution in [0.1, 0.15) is 0 Å². The predicted molar refractivity (Wildman–Crippen MR) is 62.7 cm³/mol. The number of hydrogen-bond acceptors (Lipinski definition) is 7. The van der Waals surface area contributed by atoms with Crippen molar-refractivity contribution in [2.24, 2.45) is 0 Å². The molecule has 102 valence electrons. The van der Waals surface area contributed by atoms with Gasteiger partial charge in [-0.15, -0.1) is 0 Å². The third-order valence-electron chi connectivity index (χ3n) is 1.43. The lowest BCUT2D eigenvalue weighted by Crippen LogP contribution is -2.03. The molecule has 18 heavy (non-hydrogen) atoms. The SMILES string of the molecule is O=[N+]([O-])c1cnc(OCCO)c(Cl)c1.OCCO. The van der Waals surface area contributed by atoms with Gasteiger partial charge in [-0.05, 0) is 0 Å². The normalized spacial score (nSPS) is 9.33. The average Bonchev–Trinajstić information content (AvgIpc) is 2.37. The van der Waals surface area contributed by atoms with Crippen LogP contribution in [0.2, 0.25) is 5.02 Å². The van der Waals surface area contributed by atoms with Gasteiger partial charge in [0.05, 0.1) is 24.7 Å². The molecule has 1 aromatic heterocycles. The van der Waals surface area contributed by atoms with Gasteiger partial charge in [0.15, 0.2) is 0 Å². The second-order valence-electron chi connectivity index (χ2n) is 2.76. The Hall–Kier alpha value is -1.48. The van der Waals surface area contributed by atoms with Crippen molar-refractivity contribution < 1.29 is 25.0 Å². The average molecular weight is 281 g/mol. The van der Waals surface area contributed by atoms with Crippen molar-refractivity contribution in [3.05, 3.63) is 27.4 Å². The van der Waals surface area contributed by atoms with Gasteiger partial charge in [-0.3, -0.25) is 10.1 Å². The summed E-state index contributed by atoms with van der Waals surface area (Å²) < 4.78 is 4.91. The number of rotatable bonds is 5. The fraction of sp³-hybridized carbons (Fsp3) is 0.444. The van der Waals surface area contributed by atoms with E-state index < -0.39 is 4.92 Å². The van der Waals surface area contributed by atoms with Gasteiger partial charge in [0, 0.05) is 6.07 Å². The van der Waals surface area contributed by atoms with Crippen LogP contribution in [0.4, 0.5) is 5.69 Å². The molecule has 1 aromatic rings. The zero-order valence-corrected chi connectivity index (χ0v) is 10.1. The Morgan fingerprint density at radius 2 is 1.94 bits per heavy atom. The minimum Gasteiger partial charge on any atom is -0.474 e. The van der Waals surface area contributed by atoms with Gasteiger partial charge in [-0.2, -0.15) is 0 Å². The lowest BCUT2D eigenvalue weighted by Gasteiger charge is -2.03.